The first-order chi connectivity index (χ1) is 17.9. The van der Waals surface area contributed by atoms with E-state index in [0.29, 0.717) is 23.4 Å². The van der Waals surface area contributed by atoms with Crippen LogP contribution in [0.2, 0.25) is 5.02 Å². The van der Waals surface area contributed by atoms with Crippen LogP contribution in [0.5, 0.6) is 6.01 Å². The van der Waals surface area contributed by atoms with Crippen molar-refractivity contribution < 1.29 is 18.4 Å². The number of benzene rings is 2. The molecule has 9 nitrogen and oxygen atoms in total. The van der Waals surface area contributed by atoms with E-state index in [4.69, 9.17) is 26.9 Å². The second kappa shape index (κ2) is 9.76. The van der Waals surface area contributed by atoms with Gasteiger partial charge < -0.3 is 25.9 Å². The van der Waals surface area contributed by atoms with Crippen molar-refractivity contribution in [3.8, 4) is 17.1 Å². The molecule has 2 fully saturated rings. The number of rotatable bonds is 7. The molecule has 4 heterocycles. The van der Waals surface area contributed by atoms with Crippen LogP contribution in [0, 0.1) is 11.6 Å². The van der Waals surface area contributed by atoms with Crippen molar-refractivity contribution in [1.82, 2.24) is 25.3 Å². The summed E-state index contributed by atoms with van der Waals surface area (Å²) < 4.78 is 36.8. The molecule has 2 saturated heterocycles. The Labute approximate surface area is 219 Å². The zero-order valence-electron chi connectivity index (χ0n) is 19.9. The molecule has 4 aromatic rings. The van der Waals surface area contributed by atoms with E-state index in [0.717, 1.165) is 43.8 Å². The maximum Gasteiger partial charge on any atom is 0.319 e. The first kappa shape index (κ1) is 24.4. The lowest BCUT2D eigenvalue weighted by molar-refractivity contribution is -0.147. The minimum absolute atomic E-state index is 0.0369. The predicted octanol–water partition coefficient (Wildman–Crippen LogP) is 4.21. The van der Waals surface area contributed by atoms with Crippen molar-refractivity contribution in [2.75, 3.05) is 44.4 Å². The van der Waals surface area contributed by atoms with Crippen molar-refractivity contribution in [1.29, 1.82) is 0 Å². The number of halogens is 3. The van der Waals surface area contributed by atoms with Gasteiger partial charge in [0.1, 0.15) is 23.8 Å². The number of nitrogens with zero attached hydrogens (tertiary/aromatic N) is 4. The van der Waals surface area contributed by atoms with E-state index in [1.165, 1.54) is 12.1 Å². The number of fused-ring (bicyclic) bond motifs is 2. The number of nitrogen functional groups attached to an aromatic ring is 1. The van der Waals surface area contributed by atoms with Crippen molar-refractivity contribution in [3.63, 3.8) is 0 Å². The molecule has 4 N–H and O–H groups in total. The van der Waals surface area contributed by atoms with Crippen LogP contribution < -0.4 is 21.1 Å². The third-order valence-electron chi connectivity index (χ3n) is 6.73. The SMILES string of the molecule is CON1CCC[C@H]1COc1nc(NC2CNC2)c2cc(Cl)c(-c3ccc(F)c4sc(N)nc34)c(F)c2n1. The molecule has 0 aliphatic carbocycles. The van der Waals surface area contributed by atoms with Gasteiger partial charge in [-0.05, 0) is 31.0 Å². The van der Waals surface area contributed by atoms with E-state index in [2.05, 4.69) is 25.6 Å². The minimum Gasteiger partial charge on any atom is -0.462 e. The Balaban J connectivity index is 1.46. The summed E-state index contributed by atoms with van der Waals surface area (Å²) in [6.07, 6.45) is 1.90. The van der Waals surface area contributed by atoms with Gasteiger partial charge in [0.05, 0.1) is 34.4 Å². The van der Waals surface area contributed by atoms with Crippen LogP contribution in [0.1, 0.15) is 12.8 Å². The van der Waals surface area contributed by atoms with Crippen molar-refractivity contribution in [2.45, 2.75) is 24.9 Å². The molecule has 0 spiro atoms. The molecule has 0 radical (unpaired) electrons. The number of hydrogen-bond acceptors (Lipinski definition) is 10. The van der Waals surface area contributed by atoms with Gasteiger partial charge >= 0.3 is 6.01 Å². The summed E-state index contributed by atoms with van der Waals surface area (Å²) in [5.41, 5.74) is 6.50. The maximum atomic E-state index is 16.3. The third-order valence-corrected chi connectivity index (χ3v) is 7.92. The van der Waals surface area contributed by atoms with Crippen LogP contribution in [0.25, 0.3) is 32.2 Å². The van der Waals surface area contributed by atoms with Crippen molar-refractivity contribution in [2.24, 2.45) is 0 Å². The first-order valence-corrected chi connectivity index (χ1v) is 13.1. The molecule has 0 amide bonds. The largest absolute Gasteiger partial charge is 0.462 e. The lowest BCUT2D eigenvalue weighted by Gasteiger charge is -2.29. The van der Waals surface area contributed by atoms with Crippen molar-refractivity contribution in [3.05, 3.63) is 34.9 Å². The Bertz CT molecular complexity index is 1500. The Morgan fingerprint density at radius 2 is 2.08 bits per heavy atom. The zero-order chi connectivity index (χ0) is 25.7. The average molecular weight is 548 g/mol. The minimum atomic E-state index is -0.677. The number of hydroxylamine groups is 2. The van der Waals surface area contributed by atoms with Crippen LogP contribution in [-0.2, 0) is 4.84 Å². The molecule has 0 bridgehead atoms. The van der Waals surface area contributed by atoms with Gasteiger partial charge in [-0.1, -0.05) is 22.9 Å². The van der Waals surface area contributed by atoms with Crippen LogP contribution in [0.4, 0.5) is 19.7 Å². The highest BCUT2D eigenvalue weighted by Gasteiger charge is 2.28. The normalized spacial score (nSPS) is 18.5. The van der Waals surface area contributed by atoms with E-state index < -0.39 is 11.6 Å². The van der Waals surface area contributed by atoms with E-state index in [-0.39, 0.29) is 49.5 Å². The number of hydrogen-bond donors (Lipinski definition) is 3. The van der Waals surface area contributed by atoms with Crippen LogP contribution in [0.3, 0.4) is 0 Å². The van der Waals surface area contributed by atoms with Gasteiger partial charge in [-0.3, -0.25) is 0 Å². The zero-order valence-corrected chi connectivity index (χ0v) is 21.4. The summed E-state index contributed by atoms with van der Waals surface area (Å²) in [5.74, 6) is -0.736. The molecule has 2 aliphatic rings. The highest BCUT2D eigenvalue weighted by atomic mass is 35.5. The molecule has 0 unspecified atom stereocenters. The standard InChI is InChI=1S/C24H24ClF2N7O2S/c1-35-34-6-2-3-12(34)10-36-24-32-19-14(22(33-24)30-11-8-29-9-11)7-15(25)17(18(19)27)13-4-5-16(26)21-20(13)31-23(28)37-21/h4-5,7,11-12,29H,2-3,6,8-10H2,1H3,(H2,28,31)(H,30,32,33)/t12-/m0/s1. The molecule has 37 heavy (non-hydrogen) atoms. The van der Waals surface area contributed by atoms with Gasteiger partial charge in [0.25, 0.3) is 0 Å². The topological polar surface area (TPSA) is 110 Å². The highest BCUT2D eigenvalue weighted by Crippen LogP contribution is 2.42. The Hall–Kier alpha value is -2.90. The molecule has 6 rings (SSSR count). The van der Waals surface area contributed by atoms with E-state index >= 15 is 4.39 Å². The molecular formula is C24H24ClF2N7O2S. The van der Waals surface area contributed by atoms with Crippen molar-refractivity contribution >= 4 is 55.0 Å². The van der Waals surface area contributed by atoms with Crippen LogP contribution in [0.15, 0.2) is 18.2 Å². The molecule has 13 heteroatoms. The second-order valence-corrected chi connectivity index (χ2v) is 10.5. The number of nitrogens with two attached hydrogens (primary N) is 1. The second-order valence-electron chi connectivity index (χ2n) is 9.05. The summed E-state index contributed by atoms with van der Waals surface area (Å²) in [6, 6.07) is 4.53. The summed E-state index contributed by atoms with van der Waals surface area (Å²) in [6.45, 7) is 2.61. The predicted molar refractivity (Wildman–Crippen MR) is 140 cm³/mol. The Morgan fingerprint density at radius 3 is 2.84 bits per heavy atom. The van der Waals surface area contributed by atoms with E-state index in [1.54, 1.807) is 13.2 Å². The molecular weight excluding hydrogens is 524 g/mol. The molecule has 2 aromatic heterocycles. The Kier molecular flexibility index (Phi) is 6.45. The summed E-state index contributed by atoms with van der Waals surface area (Å²) in [7, 11) is 1.63. The lowest BCUT2D eigenvalue weighted by Crippen LogP contribution is -2.51. The van der Waals surface area contributed by atoms with Crippen LogP contribution in [-0.4, -0.2) is 65.4 Å². The lowest BCUT2D eigenvalue weighted by atomic mass is 10.0. The first-order valence-electron chi connectivity index (χ1n) is 11.9. The maximum absolute atomic E-state index is 16.3. The number of anilines is 2. The fraction of sp³-hybridized carbons (Fsp3) is 0.375. The smallest absolute Gasteiger partial charge is 0.319 e. The molecule has 194 valence electrons. The molecule has 2 aromatic carbocycles. The number of thiazole rings is 1. The van der Waals surface area contributed by atoms with E-state index in [1.807, 2.05) is 5.06 Å². The molecule has 0 saturated carbocycles. The number of nitrogens with one attached hydrogen (secondary N) is 2. The van der Waals surface area contributed by atoms with Gasteiger partial charge in [0.15, 0.2) is 10.9 Å². The summed E-state index contributed by atoms with van der Waals surface area (Å²) in [5, 5.41) is 9.10. The van der Waals surface area contributed by atoms with Gasteiger partial charge in [-0.2, -0.15) is 15.0 Å². The number of aromatic nitrogens is 3. The summed E-state index contributed by atoms with van der Waals surface area (Å²) in [4.78, 5) is 18.6. The van der Waals surface area contributed by atoms with Gasteiger partial charge in [0, 0.05) is 36.1 Å². The fourth-order valence-corrected chi connectivity index (χ4v) is 5.82. The third kappa shape index (κ3) is 4.42. The van der Waals surface area contributed by atoms with Gasteiger partial charge in [-0.15, -0.1) is 0 Å². The quantitative estimate of drug-likeness (QED) is 0.313. The van der Waals surface area contributed by atoms with Gasteiger partial charge in [-0.25, -0.2) is 13.8 Å². The van der Waals surface area contributed by atoms with E-state index in [9.17, 15) is 4.39 Å². The molecule has 1 atom stereocenters. The highest BCUT2D eigenvalue weighted by molar-refractivity contribution is 7.22. The monoisotopic (exact) mass is 547 g/mol. The fourth-order valence-electron chi connectivity index (χ4n) is 4.76. The Morgan fingerprint density at radius 1 is 1.24 bits per heavy atom. The summed E-state index contributed by atoms with van der Waals surface area (Å²) >= 11 is 7.62. The van der Waals surface area contributed by atoms with Gasteiger partial charge in [0.2, 0.25) is 0 Å². The average Bonchev–Trinajstić information content (AvgIpc) is 3.48. The number of ether oxygens (including phenoxy) is 1. The van der Waals surface area contributed by atoms with Crippen LogP contribution >= 0.6 is 22.9 Å². The molecule has 2 aliphatic heterocycles.